The first-order valence-corrected chi connectivity index (χ1v) is 9.38. The Kier molecular flexibility index (Phi) is 10.1. The van der Waals surface area contributed by atoms with Crippen molar-refractivity contribution < 1.29 is 23.1 Å². The van der Waals surface area contributed by atoms with Gasteiger partial charge in [-0.3, -0.25) is 0 Å². The minimum atomic E-state index is -0.666. The summed E-state index contributed by atoms with van der Waals surface area (Å²) in [7, 11) is 0. The lowest BCUT2D eigenvalue weighted by molar-refractivity contribution is 0.0833. The number of carbonyl (C=O) groups excluding carboxylic acids is 1. The third kappa shape index (κ3) is 9.08. The predicted octanol–water partition coefficient (Wildman–Crippen LogP) is 3.98. The average molecular weight is 371 g/mol. The van der Waals surface area contributed by atoms with Crippen molar-refractivity contribution in [2.75, 3.05) is 26.3 Å². The zero-order valence-corrected chi connectivity index (χ0v) is 16.7. The van der Waals surface area contributed by atoms with Crippen molar-refractivity contribution in [1.82, 2.24) is 4.90 Å². The number of hydrogen-bond acceptors (Lipinski definition) is 6. The first-order chi connectivity index (χ1) is 12.3. The molecule has 0 aliphatic carbocycles. The highest BCUT2D eigenvalue weighted by Gasteiger charge is 2.17. The third-order valence-corrected chi connectivity index (χ3v) is 3.67. The van der Waals surface area contributed by atoms with Crippen LogP contribution in [0.4, 0.5) is 4.79 Å². The summed E-state index contributed by atoms with van der Waals surface area (Å²) in [5, 5.41) is 0. The van der Waals surface area contributed by atoms with Gasteiger partial charge >= 0.3 is 11.9 Å². The number of amides is 1. The molecule has 1 aliphatic heterocycles. The summed E-state index contributed by atoms with van der Waals surface area (Å²) >= 11 is 0. The highest BCUT2D eigenvalue weighted by atomic mass is 16.6. The molecule has 1 fully saturated rings. The molecule has 0 unspecified atom stereocenters. The number of ether oxygens (including phenoxy) is 2. The molecule has 0 spiro atoms. The number of likely N-dealkylation sites (tertiary alicyclic amines) is 1. The van der Waals surface area contributed by atoms with Gasteiger partial charge in [-0.2, -0.15) is 0 Å². The van der Waals surface area contributed by atoms with Gasteiger partial charge in [-0.1, -0.05) is 27.7 Å². The highest BCUT2D eigenvalue weighted by Crippen LogP contribution is 2.10. The average Bonchev–Trinajstić information content (AvgIpc) is 2.91. The molecule has 1 amide bonds. The fourth-order valence-corrected chi connectivity index (χ4v) is 2.30. The number of carbonyl (C=O) groups is 1. The molecule has 1 aromatic heterocycles. The van der Waals surface area contributed by atoms with Gasteiger partial charge in [-0.15, -0.1) is 0 Å². The molecular weight excluding hydrogens is 338 g/mol. The van der Waals surface area contributed by atoms with Crippen molar-refractivity contribution in [1.29, 1.82) is 0 Å². The summed E-state index contributed by atoms with van der Waals surface area (Å²) in [5.41, 5.74) is 0. The van der Waals surface area contributed by atoms with Crippen LogP contribution in [0.2, 0.25) is 0 Å². The fraction of sp³-hybridized carbons (Fsp3) is 0.789. The van der Waals surface area contributed by atoms with Crippen LogP contribution in [0.25, 0.3) is 0 Å². The molecule has 0 bridgehead atoms. The Hall–Kier alpha value is -1.76. The molecule has 26 heavy (non-hydrogen) atoms. The Morgan fingerprint density at radius 2 is 1.65 bits per heavy atom. The van der Waals surface area contributed by atoms with E-state index in [-0.39, 0.29) is 6.09 Å². The predicted molar refractivity (Wildman–Crippen MR) is 98.1 cm³/mol. The van der Waals surface area contributed by atoms with Crippen molar-refractivity contribution in [2.24, 2.45) is 11.8 Å². The summed E-state index contributed by atoms with van der Waals surface area (Å²) in [4.78, 5) is 23.8. The Morgan fingerprint density at radius 1 is 1.04 bits per heavy atom. The minimum Gasteiger partial charge on any atom is -0.449 e. The van der Waals surface area contributed by atoms with Crippen LogP contribution in [-0.4, -0.2) is 37.3 Å². The van der Waals surface area contributed by atoms with E-state index in [9.17, 15) is 9.59 Å². The number of aryl methyl sites for hydroxylation is 1. The quantitative estimate of drug-likeness (QED) is 0.752. The van der Waals surface area contributed by atoms with E-state index >= 15 is 0 Å². The zero-order chi connectivity index (χ0) is 19.5. The summed E-state index contributed by atoms with van der Waals surface area (Å²) < 4.78 is 19.8. The van der Waals surface area contributed by atoms with E-state index in [1.54, 1.807) is 6.92 Å². The summed E-state index contributed by atoms with van der Waals surface area (Å²) in [5.74, 6) is 1.20. The van der Waals surface area contributed by atoms with Crippen LogP contribution in [0.5, 0.6) is 0 Å². The van der Waals surface area contributed by atoms with Gasteiger partial charge in [-0.25, -0.2) is 9.59 Å². The van der Waals surface area contributed by atoms with E-state index in [2.05, 4.69) is 18.3 Å². The maximum atomic E-state index is 11.4. The Bertz CT molecular complexity index is 569. The van der Waals surface area contributed by atoms with E-state index in [0.29, 0.717) is 43.2 Å². The molecule has 2 rings (SSSR count). The van der Waals surface area contributed by atoms with Crippen molar-refractivity contribution in [3.63, 3.8) is 0 Å². The van der Waals surface area contributed by atoms with Crippen LogP contribution < -0.4 is 5.82 Å². The van der Waals surface area contributed by atoms with Crippen LogP contribution in [0.3, 0.4) is 0 Å². The van der Waals surface area contributed by atoms with Crippen molar-refractivity contribution in [3.05, 3.63) is 22.1 Å². The fourth-order valence-electron chi connectivity index (χ4n) is 2.30. The van der Waals surface area contributed by atoms with E-state index in [1.807, 2.05) is 18.7 Å². The van der Waals surface area contributed by atoms with Crippen LogP contribution in [0.1, 0.15) is 58.5 Å². The van der Waals surface area contributed by atoms with Gasteiger partial charge in [0.05, 0.1) is 6.61 Å². The zero-order valence-electron chi connectivity index (χ0n) is 16.7. The van der Waals surface area contributed by atoms with Crippen LogP contribution >= 0.6 is 0 Å². The molecule has 1 aromatic rings. The first-order valence-electron chi connectivity index (χ1n) is 9.38. The monoisotopic (exact) mass is 371 g/mol. The van der Waals surface area contributed by atoms with Gasteiger partial charge in [0.15, 0.2) is 5.76 Å². The van der Waals surface area contributed by atoms with E-state index in [4.69, 9.17) is 13.9 Å². The third-order valence-electron chi connectivity index (χ3n) is 3.67. The second kappa shape index (κ2) is 11.8. The lowest BCUT2D eigenvalue weighted by atomic mass is 10.1. The molecular formula is C19H33NO6. The van der Waals surface area contributed by atoms with Crippen LogP contribution in [0, 0.1) is 18.8 Å². The topological polar surface area (TPSA) is 82.1 Å². The van der Waals surface area contributed by atoms with Gasteiger partial charge in [-0.05, 0) is 38.0 Å². The summed E-state index contributed by atoms with van der Waals surface area (Å²) in [6.45, 7) is 13.1. The molecule has 1 aliphatic rings. The highest BCUT2D eigenvalue weighted by molar-refractivity contribution is 5.67. The first kappa shape index (κ1) is 22.3. The van der Waals surface area contributed by atoms with Crippen LogP contribution in [-0.2, 0) is 16.1 Å². The number of hydrogen-bond donors (Lipinski definition) is 0. The van der Waals surface area contributed by atoms with Gasteiger partial charge in [0.25, 0.3) is 0 Å². The standard InChI is InChI=1S/C10H19NO2.C9H14O4/c1-9(2)8-13-10(12)11-6-4-3-5-7-11;1-6(2)4-11-5-8-7(3)12-9(10)13-8/h9H,3-8H2,1-2H3;6H,4-5H2,1-3H3. The maximum absolute atomic E-state index is 11.4. The smallest absolute Gasteiger partial charge is 0.449 e. The Morgan fingerprint density at radius 3 is 2.15 bits per heavy atom. The molecule has 150 valence electrons. The molecule has 7 heteroatoms. The largest absolute Gasteiger partial charge is 0.519 e. The van der Waals surface area contributed by atoms with Crippen molar-refractivity contribution in [3.8, 4) is 0 Å². The molecule has 1 saturated heterocycles. The molecule has 7 nitrogen and oxygen atoms in total. The van der Waals surface area contributed by atoms with E-state index < -0.39 is 5.82 Å². The normalized spacial score (nSPS) is 14.3. The van der Waals surface area contributed by atoms with E-state index in [0.717, 1.165) is 25.9 Å². The van der Waals surface area contributed by atoms with Gasteiger partial charge in [0.1, 0.15) is 12.4 Å². The lowest BCUT2D eigenvalue weighted by Crippen LogP contribution is -2.36. The molecule has 0 saturated carbocycles. The SMILES string of the molecule is CC(C)COC(=O)N1CCCCC1.Cc1oc(=O)oc1COCC(C)C. The molecule has 0 aromatic carbocycles. The maximum Gasteiger partial charge on any atom is 0.519 e. The van der Waals surface area contributed by atoms with Gasteiger partial charge < -0.3 is 23.2 Å². The molecule has 0 radical (unpaired) electrons. The second-order valence-electron chi connectivity index (χ2n) is 7.36. The Labute approximate surface area is 155 Å². The van der Waals surface area contributed by atoms with Crippen molar-refractivity contribution >= 4 is 6.09 Å². The number of nitrogens with zero attached hydrogens (tertiary/aromatic N) is 1. The van der Waals surface area contributed by atoms with Gasteiger partial charge in [0.2, 0.25) is 0 Å². The van der Waals surface area contributed by atoms with Crippen LogP contribution in [0.15, 0.2) is 13.6 Å². The van der Waals surface area contributed by atoms with Gasteiger partial charge in [0, 0.05) is 19.7 Å². The second-order valence-corrected chi connectivity index (χ2v) is 7.36. The Balaban J connectivity index is 0.000000260. The minimum absolute atomic E-state index is 0.131. The van der Waals surface area contributed by atoms with Crippen molar-refractivity contribution in [2.45, 2.75) is 60.5 Å². The molecule has 0 N–H and O–H groups in total. The molecule has 0 atom stereocenters. The van der Waals surface area contributed by atoms with E-state index in [1.165, 1.54) is 6.42 Å². The summed E-state index contributed by atoms with van der Waals surface area (Å²) in [6.07, 6.45) is 3.36. The summed E-state index contributed by atoms with van der Waals surface area (Å²) in [6, 6.07) is 0. The number of rotatable bonds is 6. The lowest BCUT2D eigenvalue weighted by Gasteiger charge is -2.26. The molecule has 2 heterocycles. The number of piperidine rings is 1.